The summed E-state index contributed by atoms with van der Waals surface area (Å²) >= 11 is 0. The van der Waals surface area contributed by atoms with E-state index in [9.17, 15) is 14.4 Å². The number of piperidine rings is 1. The van der Waals surface area contributed by atoms with Gasteiger partial charge in [0, 0.05) is 24.8 Å². The van der Waals surface area contributed by atoms with E-state index in [0.29, 0.717) is 19.5 Å². The van der Waals surface area contributed by atoms with Crippen LogP contribution in [-0.2, 0) is 9.59 Å². The third-order valence-electron chi connectivity index (χ3n) is 5.41. The van der Waals surface area contributed by atoms with Crippen LogP contribution < -0.4 is 15.5 Å². The van der Waals surface area contributed by atoms with Crippen LogP contribution in [0.5, 0.6) is 0 Å². The van der Waals surface area contributed by atoms with Gasteiger partial charge in [-0.1, -0.05) is 6.92 Å². The summed E-state index contributed by atoms with van der Waals surface area (Å²) in [4.78, 5) is 43.5. The fourth-order valence-electron chi connectivity index (χ4n) is 3.84. The molecule has 0 radical (unpaired) electrons. The van der Waals surface area contributed by atoms with Crippen molar-refractivity contribution in [2.24, 2.45) is 0 Å². The first kappa shape index (κ1) is 20.1. The zero-order valence-corrected chi connectivity index (χ0v) is 16.0. The van der Waals surface area contributed by atoms with Gasteiger partial charge in [-0.2, -0.15) is 0 Å². The number of aliphatic carboxylic acids is 1. The molecule has 2 fully saturated rings. The van der Waals surface area contributed by atoms with Gasteiger partial charge in [0.2, 0.25) is 5.91 Å². The van der Waals surface area contributed by atoms with E-state index in [1.54, 1.807) is 23.4 Å². The Morgan fingerprint density at radius 1 is 1.36 bits per heavy atom. The number of urea groups is 1. The number of aromatic nitrogens is 1. The normalized spacial score (nSPS) is 24.6. The Hall–Kier alpha value is -2.68. The molecule has 28 heavy (non-hydrogen) atoms. The molecule has 1 aliphatic heterocycles. The van der Waals surface area contributed by atoms with Crippen LogP contribution in [0.25, 0.3) is 0 Å². The van der Waals surface area contributed by atoms with Crippen LogP contribution in [0.4, 0.5) is 10.5 Å². The highest BCUT2D eigenvalue weighted by Gasteiger charge is 2.36. The first-order valence-corrected chi connectivity index (χ1v) is 9.72. The molecule has 1 aliphatic carbocycles. The average Bonchev–Trinajstić information content (AvgIpc) is 2.65. The molecule has 9 heteroatoms. The van der Waals surface area contributed by atoms with E-state index in [0.717, 1.165) is 24.9 Å². The quantitative estimate of drug-likeness (QED) is 0.636. The summed E-state index contributed by atoms with van der Waals surface area (Å²) in [5, 5.41) is 14.6. The minimum absolute atomic E-state index is 0.000893. The van der Waals surface area contributed by atoms with Crippen molar-refractivity contribution < 1.29 is 19.5 Å². The zero-order valence-electron chi connectivity index (χ0n) is 16.0. The maximum Gasteiger partial charge on any atom is 0.317 e. The number of nitrogens with one attached hydrogen (secondary N) is 2. The van der Waals surface area contributed by atoms with Crippen LogP contribution in [-0.4, -0.2) is 70.7 Å². The first-order valence-electron chi connectivity index (χ1n) is 9.72. The van der Waals surface area contributed by atoms with Crippen LogP contribution in [0.15, 0.2) is 24.5 Å². The number of rotatable bonds is 7. The van der Waals surface area contributed by atoms with E-state index in [-0.39, 0.29) is 30.6 Å². The molecule has 1 atom stereocenters. The molecule has 0 bridgehead atoms. The second kappa shape index (κ2) is 9.01. The summed E-state index contributed by atoms with van der Waals surface area (Å²) in [6, 6.07) is 2.88. The molecule has 3 N–H and O–H groups in total. The lowest BCUT2D eigenvalue weighted by Crippen LogP contribution is -2.59. The largest absolute Gasteiger partial charge is 0.480 e. The summed E-state index contributed by atoms with van der Waals surface area (Å²) in [6.45, 7) is 3.22. The Kier molecular flexibility index (Phi) is 6.45. The van der Waals surface area contributed by atoms with Crippen LogP contribution >= 0.6 is 0 Å². The number of anilines is 1. The topological polar surface area (TPSA) is 115 Å². The predicted octanol–water partition coefficient (Wildman–Crippen LogP) is 0.814. The van der Waals surface area contributed by atoms with Crippen LogP contribution in [0.3, 0.4) is 0 Å². The van der Waals surface area contributed by atoms with E-state index in [1.165, 1.54) is 0 Å². The molecule has 0 spiro atoms. The molecule has 1 aromatic rings. The molecule has 0 aromatic carbocycles. The van der Waals surface area contributed by atoms with Gasteiger partial charge in [-0.15, -0.1) is 0 Å². The smallest absolute Gasteiger partial charge is 0.317 e. The van der Waals surface area contributed by atoms with Crippen molar-refractivity contribution in [2.45, 2.75) is 50.7 Å². The summed E-state index contributed by atoms with van der Waals surface area (Å²) in [5.74, 6) is -0.968. The molecular formula is C19H27N5O4. The lowest BCUT2D eigenvalue weighted by molar-refractivity contribution is -0.139. The molecule has 3 amide bonds. The van der Waals surface area contributed by atoms with Crippen molar-refractivity contribution >= 4 is 23.6 Å². The average molecular weight is 389 g/mol. The maximum absolute atomic E-state index is 12.7. The van der Waals surface area contributed by atoms with Crippen molar-refractivity contribution in [1.82, 2.24) is 20.5 Å². The number of carbonyl (C=O) groups excluding carboxylic acids is 2. The highest BCUT2D eigenvalue weighted by molar-refractivity contribution is 5.99. The Bertz CT molecular complexity index is 708. The number of hydrogen-bond donors (Lipinski definition) is 3. The van der Waals surface area contributed by atoms with Crippen molar-refractivity contribution in [3.8, 4) is 0 Å². The number of hydrogen-bond acceptors (Lipinski definition) is 5. The molecule has 1 unspecified atom stereocenters. The van der Waals surface area contributed by atoms with Gasteiger partial charge in [0.1, 0.15) is 6.04 Å². The maximum atomic E-state index is 12.7. The van der Waals surface area contributed by atoms with Crippen molar-refractivity contribution in [3.05, 3.63) is 24.5 Å². The Morgan fingerprint density at radius 3 is 2.79 bits per heavy atom. The number of likely N-dealkylation sites (N-methyl/N-ethyl adjacent to an activating group) is 1. The van der Waals surface area contributed by atoms with E-state index >= 15 is 0 Å². The molecular weight excluding hydrogens is 362 g/mol. The fourth-order valence-corrected chi connectivity index (χ4v) is 3.84. The highest BCUT2D eigenvalue weighted by atomic mass is 16.4. The van der Waals surface area contributed by atoms with Gasteiger partial charge in [-0.25, -0.2) is 4.79 Å². The Morgan fingerprint density at radius 2 is 2.14 bits per heavy atom. The minimum Gasteiger partial charge on any atom is -0.480 e. The van der Waals surface area contributed by atoms with Gasteiger partial charge < -0.3 is 20.6 Å². The minimum atomic E-state index is -0.843. The second-order valence-corrected chi connectivity index (χ2v) is 7.29. The Labute approximate surface area is 164 Å². The highest BCUT2D eigenvalue weighted by Crippen LogP contribution is 2.25. The molecule has 1 aromatic heterocycles. The number of carboxylic acid groups (broad SMARTS) is 1. The monoisotopic (exact) mass is 389 g/mol. The van der Waals surface area contributed by atoms with Gasteiger partial charge in [-0.3, -0.25) is 19.5 Å². The summed E-state index contributed by atoms with van der Waals surface area (Å²) in [5.41, 5.74) is 0.735. The summed E-state index contributed by atoms with van der Waals surface area (Å²) in [6.07, 6.45) is 6.15. The fraction of sp³-hybridized carbons (Fsp3) is 0.579. The third-order valence-corrected chi connectivity index (χ3v) is 5.41. The Balaban J connectivity index is 1.46. The van der Waals surface area contributed by atoms with E-state index in [1.807, 2.05) is 17.9 Å². The van der Waals surface area contributed by atoms with Crippen molar-refractivity contribution in [1.29, 1.82) is 0 Å². The number of nitrogens with zero attached hydrogens (tertiary/aromatic N) is 3. The van der Waals surface area contributed by atoms with E-state index < -0.39 is 12.0 Å². The molecule has 9 nitrogen and oxygen atoms in total. The molecule has 2 aliphatic rings. The zero-order chi connectivity index (χ0) is 20.1. The van der Waals surface area contributed by atoms with Crippen molar-refractivity contribution in [3.63, 3.8) is 0 Å². The van der Waals surface area contributed by atoms with Crippen LogP contribution in [0.2, 0.25) is 0 Å². The molecule has 1 saturated carbocycles. The molecule has 2 heterocycles. The predicted molar refractivity (Wildman–Crippen MR) is 103 cm³/mol. The molecule has 152 valence electrons. The summed E-state index contributed by atoms with van der Waals surface area (Å²) < 4.78 is 0. The first-order chi connectivity index (χ1) is 13.5. The van der Waals surface area contributed by atoms with Gasteiger partial charge in [0.05, 0.1) is 18.4 Å². The number of amides is 3. The van der Waals surface area contributed by atoms with Crippen LogP contribution in [0.1, 0.15) is 32.6 Å². The summed E-state index contributed by atoms with van der Waals surface area (Å²) in [7, 11) is 0. The van der Waals surface area contributed by atoms with E-state index in [4.69, 9.17) is 5.11 Å². The number of pyridine rings is 1. The standard InChI is InChI=1S/C19H27N5O4/c1-2-23(12-17(25)26)15-9-13(10-15)21-19(28)22-16-6-4-8-24(18(16)27)14-5-3-7-20-11-14/h3,5,7,11,13,15-16H,2,4,6,8-10,12H2,1H3,(H,25,26)(H2,21,22,28). The lowest BCUT2D eigenvalue weighted by Gasteiger charge is -2.42. The van der Waals surface area contributed by atoms with Gasteiger partial charge in [0.15, 0.2) is 0 Å². The van der Waals surface area contributed by atoms with E-state index in [2.05, 4.69) is 15.6 Å². The second-order valence-electron chi connectivity index (χ2n) is 7.29. The molecule has 3 rings (SSSR count). The number of carboxylic acids is 1. The number of carbonyl (C=O) groups is 3. The van der Waals surface area contributed by atoms with Crippen molar-refractivity contribution in [2.75, 3.05) is 24.5 Å². The van der Waals surface area contributed by atoms with Gasteiger partial charge in [0.25, 0.3) is 0 Å². The lowest BCUT2D eigenvalue weighted by atomic mass is 9.85. The third kappa shape index (κ3) is 4.78. The van der Waals surface area contributed by atoms with Gasteiger partial charge in [-0.05, 0) is 44.4 Å². The SMILES string of the molecule is CCN(CC(=O)O)C1CC(NC(=O)NC2CCCN(c3cccnc3)C2=O)C1. The molecule has 1 saturated heterocycles. The van der Waals surface area contributed by atoms with Crippen LogP contribution in [0, 0.1) is 0 Å². The van der Waals surface area contributed by atoms with Gasteiger partial charge >= 0.3 is 12.0 Å².